The molecule has 1 amide bonds. The second-order valence-electron chi connectivity index (χ2n) is 4.39. The number of nitrogens with two attached hydrogens (primary N) is 1. The summed E-state index contributed by atoms with van der Waals surface area (Å²) < 4.78 is 24.2. The summed E-state index contributed by atoms with van der Waals surface area (Å²) in [4.78, 5) is 13.4. The maximum Gasteiger partial charge on any atom is 0.251 e. The van der Waals surface area contributed by atoms with Gasteiger partial charge in [0.05, 0.1) is 6.54 Å². The number of nitrogens with zero attached hydrogens (tertiary/aromatic N) is 1. The number of nitrogens with one attached hydrogen (secondary N) is 1. The molecule has 7 heteroatoms. The maximum absolute atomic E-state index is 12.1. The number of halogens is 2. The van der Waals surface area contributed by atoms with Crippen LogP contribution in [0.25, 0.3) is 0 Å². The molecule has 0 unspecified atom stereocenters. The van der Waals surface area contributed by atoms with Gasteiger partial charge in [-0.15, -0.1) is 0 Å². The number of hydrogen-bond donors (Lipinski definition) is 2. The molecule has 0 atom stereocenters. The maximum atomic E-state index is 12.1. The normalized spacial score (nSPS) is 10.8. The summed E-state index contributed by atoms with van der Waals surface area (Å²) in [5, 5.41) is 2.68. The van der Waals surface area contributed by atoms with Crippen molar-refractivity contribution >= 4 is 28.8 Å². The Labute approximate surface area is 121 Å². The van der Waals surface area contributed by atoms with Crippen LogP contribution in [0.1, 0.15) is 12.0 Å². The lowest BCUT2D eigenvalue weighted by Gasteiger charge is -2.15. The average Bonchev–Trinajstić information content (AvgIpc) is 2.36. The molecule has 0 heterocycles. The van der Waals surface area contributed by atoms with Gasteiger partial charge < -0.3 is 16.0 Å². The third-order valence-corrected chi connectivity index (χ3v) is 2.86. The molecule has 0 aliphatic heterocycles. The molecule has 20 heavy (non-hydrogen) atoms. The molecule has 4 nitrogen and oxygen atoms in total. The predicted octanol–water partition coefficient (Wildman–Crippen LogP) is 1.85. The molecule has 3 N–H and O–H groups in total. The SMILES string of the molecule is CN(CCC(=O)Nc1ccc(C(N)=S)cc1)CC(F)F. The van der Waals surface area contributed by atoms with E-state index in [9.17, 15) is 13.6 Å². The van der Waals surface area contributed by atoms with E-state index in [2.05, 4.69) is 5.32 Å². The zero-order valence-corrected chi connectivity index (χ0v) is 11.9. The van der Waals surface area contributed by atoms with Crippen molar-refractivity contribution in [3.8, 4) is 0 Å². The summed E-state index contributed by atoms with van der Waals surface area (Å²) in [5.41, 5.74) is 6.80. The molecule has 1 aromatic carbocycles. The van der Waals surface area contributed by atoms with Gasteiger partial charge in [0.2, 0.25) is 5.91 Å². The fourth-order valence-corrected chi connectivity index (χ4v) is 1.70. The highest BCUT2D eigenvalue weighted by Gasteiger charge is 2.09. The molecular weight excluding hydrogens is 284 g/mol. The summed E-state index contributed by atoms with van der Waals surface area (Å²) >= 11 is 4.82. The Morgan fingerprint density at radius 2 is 2.00 bits per heavy atom. The molecule has 0 aromatic heterocycles. The number of amides is 1. The van der Waals surface area contributed by atoms with Gasteiger partial charge in [0.15, 0.2) is 0 Å². The summed E-state index contributed by atoms with van der Waals surface area (Å²) in [5.74, 6) is -0.228. The van der Waals surface area contributed by atoms with Crippen molar-refractivity contribution < 1.29 is 13.6 Å². The Kier molecular flexibility index (Phi) is 6.47. The second-order valence-corrected chi connectivity index (χ2v) is 4.83. The Morgan fingerprint density at radius 1 is 1.40 bits per heavy atom. The van der Waals surface area contributed by atoms with Gasteiger partial charge in [-0.05, 0) is 31.3 Å². The van der Waals surface area contributed by atoms with E-state index in [1.807, 2.05) is 0 Å². The minimum atomic E-state index is -2.39. The van der Waals surface area contributed by atoms with Gasteiger partial charge in [-0.3, -0.25) is 4.79 Å². The van der Waals surface area contributed by atoms with Crippen LogP contribution in [-0.4, -0.2) is 42.4 Å². The number of hydrogen-bond acceptors (Lipinski definition) is 3. The van der Waals surface area contributed by atoms with Crippen LogP contribution in [0.5, 0.6) is 0 Å². The van der Waals surface area contributed by atoms with Gasteiger partial charge in [0, 0.05) is 24.2 Å². The van der Waals surface area contributed by atoms with Gasteiger partial charge >= 0.3 is 0 Å². The van der Waals surface area contributed by atoms with Crippen LogP contribution in [0.2, 0.25) is 0 Å². The highest BCUT2D eigenvalue weighted by Crippen LogP contribution is 2.10. The largest absolute Gasteiger partial charge is 0.389 e. The Hall–Kier alpha value is -1.60. The number of anilines is 1. The molecule has 0 aliphatic carbocycles. The van der Waals surface area contributed by atoms with Crippen molar-refractivity contribution in [2.45, 2.75) is 12.8 Å². The van der Waals surface area contributed by atoms with E-state index in [4.69, 9.17) is 18.0 Å². The number of thiocarbonyl (C=S) groups is 1. The molecule has 0 saturated carbocycles. The second kappa shape index (κ2) is 7.86. The fourth-order valence-electron chi connectivity index (χ4n) is 1.56. The van der Waals surface area contributed by atoms with Gasteiger partial charge in [-0.25, -0.2) is 8.78 Å². The lowest BCUT2D eigenvalue weighted by molar-refractivity contribution is -0.116. The van der Waals surface area contributed by atoms with Crippen molar-refractivity contribution in [1.29, 1.82) is 0 Å². The van der Waals surface area contributed by atoms with Crippen LogP contribution in [0, 0.1) is 0 Å². The number of rotatable bonds is 7. The first kappa shape index (κ1) is 16.5. The first-order valence-corrected chi connectivity index (χ1v) is 6.45. The third kappa shape index (κ3) is 6.03. The van der Waals surface area contributed by atoms with Gasteiger partial charge in [-0.2, -0.15) is 0 Å². The van der Waals surface area contributed by atoms with Gasteiger partial charge in [-0.1, -0.05) is 12.2 Å². The van der Waals surface area contributed by atoms with Crippen molar-refractivity contribution in [3.63, 3.8) is 0 Å². The zero-order valence-electron chi connectivity index (χ0n) is 11.1. The Balaban J connectivity index is 2.40. The zero-order chi connectivity index (χ0) is 15.1. The van der Waals surface area contributed by atoms with Crippen molar-refractivity contribution in [1.82, 2.24) is 4.90 Å². The minimum absolute atomic E-state index is 0.153. The number of carbonyl (C=O) groups is 1. The van der Waals surface area contributed by atoms with Crippen LogP contribution < -0.4 is 11.1 Å². The van der Waals surface area contributed by atoms with E-state index in [0.717, 1.165) is 5.56 Å². The number of alkyl halides is 2. The lowest BCUT2D eigenvalue weighted by Crippen LogP contribution is -2.28. The molecule has 0 spiro atoms. The van der Waals surface area contributed by atoms with E-state index in [-0.39, 0.29) is 30.4 Å². The molecule has 0 fully saturated rings. The molecule has 110 valence electrons. The van der Waals surface area contributed by atoms with E-state index in [1.54, 1.807) is 31.3 Å². The van der Waals surface area contributed by atoms with E-state index in [1.165, 1.54) is 4.90 Å². The van der Waals surface area contributed by atoms with Gasteiger partial charge in [0.25, 0.3) is 6.43 Å². The van der Waals surface area contributed by atoms with Crippen molar-refractivity contribution in [3.05, 3.63) is 29.8 Å². The summed E-state index contributed by atoms with van der Waals surface area (Å²) in [6.45, 7) is -0.0585. The van der Waals surface area contributed by atoms with Crippen molar-refractivity contribution in [2.75, 3.05) is 25.5 Å². The standard InChI is InChI=1S/C13H17F2N3OS/c1-18(8-11(14)15)7-6-12(19)17-10-4-2-9(3-5-10)13(16)20/h2-5,11H,6-8H2,1H3,(H2,16,20)(H,17,19). The smallest absolute Gasteiger partial charge is 0.251 e. The molecule has 0 aliphatic rings. The molecule has 0 bridgehead atoms. The predicted molar refractivity (Wildman–Crippen MR) is 79.1 cm³/mol. The average molecular weight is 301 g/mol. The van der Waals surface area contributed by atoms with Crippen molar-refractivity contribution in [2.24, 2.45) is 5.73 Å². The van der Waals surface area contributed by atoms with E-state index >= 15 is 0 Å². The molecule has 0 saturated heterocycles. The van der Waals surface area contributed by atoms with E-state index in [0.29, 0.717) is 5.69 Å². The van der Waals surface area contributed by atoms with Gasteiger partial charge in [0.1, 0.15) is 4.99 Å². The lowest BCUT2D eigenvalue weighted by atomic mass is 10.2. The van der Waals surface area contributed by atoms with Crippen LogP contribution in [0.3, 0.4) is 0 Å². The number of benzene rings is 1. The summed E-state index contributed by atoms with van der Waals surface area (Å²) in [6.07, 6.45) is -2.24. The van der Waals surface area contributed by atoms with Crippen LogP contribution in [0.4, 0.5) is 14.5 Å². The molecular formula is C13H17F2N3OS. The quantitative estimate of drug-likeness (QED) is 0.755. The fraction of sp³-hybridized carbons (Fsp3) is 0.385. The van der Waals surface area contributed by atoms with E-state index < -0.39 is 6.43 Å². The topological polar surface area (TPSA) is 58.4 Å². The Morgan fingerprint density at radius 3 is 2.50 bits per heavy atom. The number of carbonyl (C=O) groups excluding carboxylic acids is 1. The third-order valence-electron chi connectivity index (χ3n) is 2.62. The Bertz CT molecular complexity index is 465. The molecule has 1 aromatic rings. The summed E-state index contributed by atoms with van der Waals surface area (Å²) in [6, 6.07) is 6.80. The molecule has 1 rings (SSSR count). The summed E-state index contributed by atoms with van der Waals surface area (Å²) in [7, 11) is 1.55. The minimum Gasteiger partial charge on any atom is -0.389 e. The highest BCUT2D eigenvalue weighted by atomic mass is 32.1. The highest BCUT2D eigenvalue weighted by molar-refractivity contribution is 7.80. The first-order chi connectivity index (χ1) is 9.38. The monoisotopic (exact) mass is 301 g/mol. The molecule has 0 radical (unpaired) electrons. The van der Waals surface area contributed by atoms with Crippen LogP contribution >= 0.6 is 12.2 Å². The van der Waals surface area contributed by atoms with Crippen LogP contribution in [-0.2, 0) is 4.79 Å². The first-order valence-electron chi connectivity index (χ1n) is 6.05. The van der Waals surface area contributed by atoms with Crippen LogP contribution in [0.15, 0.2) is 24.3 Å².